The predicted octanol–water partition coefficient (Wildman–Crippen LogP) is 5.27. The summed E-state index contributed by atoms with van der Waals surface area (Å²) in [6.45, 7) is 7.30. The Hall–Kier alpha value is -3.15. The van der Waals surface area contributed by atoms with Crippen LogP contribution in [0.25, 0.3) is 16.6 Å². The van der Waals surface area contributed by atoms with Crippen molar-refractivity contribution in [1.29, 1.82) is 0 Å². The number of carbonyl (C=O) groups excluding carboxylic acids is 1. The predicted molar refractivity (Wildman–Crippen MR) is 131 cm³/mol. The Labute approximate surface area is 195 Å². The van der Waals surface area contributed by atoms with Crippen LogP contribution in [0.3, 0.4) is 0 Å². The van der Waals surface area contributed by atoms with Gasteiger partial charge in [0.25, 0.3) is 5.56 Å². The molecule has 6 heteroatoms. The average molecular weight is 448 g/mol. The minimum atomic E-state index is -0.325. The molecule has 2 aromatic carbocycles. The summed E-state index contributed by atoms with van der Waals surface area (Å²) < 4.78 is 7.24. The highest BCUT2D eigenvalue weighted by Gasteiger charge is 2.33. The highest BCUT2D eigenvalue weighted by atomic mass is 16.5. The zero-order chi connectivity index (χ0) is 23.4. The Bertz CT molecular complexity index is 1170. The van der Waals surface area contributed by atoms with Crippen LogP contribution in [-0.2, 0) is 4.79 Å². The molecule has 0 saturated heterocycles. The zero-order valence-electron chi connectivity index (χ0n) is 19.8. The Balaban J connectivity index is 1.84. The number of nitrogens with zero attached hydrogens (tertiary/aromatic N) is 3. The maximum absolute atomic E-state index is 13.7. The number of carbonyl (C=O) groups is 1. The molecule has 0 N–H and O–H groups in total. The first-order valence-corrected chi connectivity index (χ1v) is 12.1. The van der Waals surface area contributed by atoms with Crippen LogP contribution in [0.4, 0.5) is 0 Å². The Morgan fingerprint density at radius 2 is 1.88 bits per heavy atom. The molecule has 1 aliphatic carbocycles. The summed E-state index contributed by atoms with van der Waals surface area (Å²) in [5.74, 6) is 1.62. The molecule has 0 aliphatic heterocycles. The topological polar surface area (TPSA) is 64.4 Å². The first kappa shape index (κ1) is 23.0. The van der Waals surface area contributed by atoms with Gasteiger partial charge in [0.1, 0.15) is 11.6 Å². The molecule has 33 heavy (non-hydrogen) atoms. The first-order chi connectivity index (χ1) is 16.0. The SMILES string of the molecule is CCCCN(C(=O)C1CCC1)C(C)c1nc2ccccc2c(=O)n1-c1ccc(OCC)cc1. The van der Waals surface area contributed by atoms with E-state index < -0.39 is 0 Å². The summed E-state index contributed by atoms with van der Waals surface area (Å²) in [5, 5.41) is 0.563. The molecule has 1 heterocycles. The van der Waals surface area contributed by atoms with Crippen LogP contribution in [0.1, 0.15) is 64.7 Å². The Kier molecular flexibility index (Phi) is 7.11. The monoisotopic (exact) mass is 447 g/mol. The zero-order valence-corrected chi connectivity index (χ0v) is 19.8. The van der Waals surface area contributed by atoms with Gasteiger partial charge in [0, 0.05) is 12.5 Å². The Morgan fingerprint density at radius 3 is 2.52 bits per heavy atom. The van der Waals surface area contributed by atoms with Crippen LogP contribution < -0.4 is 10.3 Å². The number of rotatable bonds is 9. The minimum Gasteiger partial charge on any atom is -0.494 e. The largest absolute Gasteiger partial charge is 0.494 e. The van der Waals surface area contributed by atoms with Crippen LogP contribution in [0.15, 0.2) is 53.3 Å². The van der Waals surface area contributed by atoms with E-state index in [9.17, 15) is 9.59 Å². The van der Waals surface area contributed by atoms with E-state index in [2.05, 4.69) is 6.92 Å². The summed E-state index contributed by atoms with van der Waals surface area (Å²) in [5.41, 5.74) is 1.24. The summed E-state index contributed by atoms with van der Waals surface area (Å²) in [6, 6.07) is 14.6. The van der Waals surface area contributed by atoms with Crippen molar-refractivity contribution in [2.24, 2.45) is 5.92 Å². The third-order valence-electron chi connectivity index (χ3n) is 6.54. The van der Waals surface area contributed by atoms with Crippen molar-refractivity contribution in [3.63, 3.8) is 0 Å². The van der Waals surface area contributed by atoms with E-state index >= 15 is 0 Å². The number of hydrogen-bond acceptors (Lipinski definition) is 4. The lowest BCUT2D eigenvalue weighted by Gasteiger charge is -2.36. The molecule has 6 nitrogen and oxygen atoms in total. The highest BCUT2D eigenvalue weighted by molar-refractivity contribution is 5.80. The summed E-state index contributed by atoms with van der Waals surface area (Å²) >= 11 is 0. The molecule has 1 atom stereocenters. The quantitative estimate of drug-likeness (QED) is 0.448. The fourth-order valence-electron chi connectivity index (χ4n) is 4.39. The van der Waals surface area contributed by atoms with Crippen LogP contribution in [0, 0.1) is 5.92 Å². The molecule has 0 spiro atoms. The maximum Gasteiger partial charge on any atom is 0.266 e. The van der Waals surface area contributed by atoms with Crippen molar-refractivity contribution in [2.45, 2.75) is 58.9 Å². The van der Waals surface area contributed by atoms with Gasteiger partial charge in [-0.25, -0.2) is 4.98 Å². The number of benzene rings is 2. The van der Waals surface area contributed by atoms with E-state index in [1.807, 2.05) is 61.2 Å². The van der Waals surface area contributed by atoms with Crippen molar-refractivity contribution >= 4 is 16.8 Å². The number of amides is 1. The van der Waals surface area contributed by atoms with Gasteiger partial charge in [-0.3, -0.25) is 14.2 Å². The van der Waals surface area contributed by atoms with Gasteiger partial charge in [0.2, 0.25) is 5.91 Å². The molecule has 1 aromatic heterocycles. The number of unbranched alkanes of at least 4 members (excludes halogenated alkanes) is 1. The molecule has 0 bridgehead atoms. The molecule has 3 aromatic rings. The molecule has 1 unspecified atom stereocenters. The second-order valence-corrected chi connectivity index (χ2v) is 8.74. The lowest BCUT2D eigenvalue weighted by Crippen LogP contribution is -2.42. The number of ether oxygens (including phenoxy) is 1. The second-order valence-electron chi connectivity index (χ2n) is 8.74. The third-order valence-corrected chi connectivity index (χ3v) is 6.54. The van der Waals surface area contributed by atoms with Crippen molar-refractivity contribution in [2.75, 3.05) is 13.2 Å². The molecular weight excluding hydrogens is 414 g/mol. The summed E-state index contributed by atoms with van der Waals surface area (Å²) in [4.78, 5) is 33.9. The molecule has 1 saturated carbocycles. The van der Waals surface area contributed by atoms with Crippen LogP contribution in [0.5, 0.6) is 5.75 Å². The minimum absolute atomic E-state index is 0.0930. The number of para-hydroxylation sites is 1. The number of fused-ring (bicyclic) bond motifs is 1. The van der Waals surface area contributed by atoms with E-state index in [1.165, 1.54) is 0 Å². The van der Waals surface area contributed by atoms with E-state index in [-0.39, 0.29) is 23.4 Å². The van der Waals surface area contributed by atoms with Crippen molar-refractivity contribution in [3.05, 3.63) is 64.7 Å². The van der Waals surface area contributed by atoms with Gasteiger partial charge in [-0.2, -0.15) is 0 Å². The van der Waals surface area contributed by atoms with E-state index in [0.717, 1.165) is 43.5 Å². The van der Waals surface area contributed by atoms with E-state index in [0.29, 0.717) is 29.9 Å². The first-order valence-electron chi connectivity index (χ1n) is 12.1. The van der Waals surface area contributed by atoms with E-state index in [1.54, 1.807) is 10.6 Å². The molecule has 1 fully saturated rings. The number of hydrogen-bond donors (Lipinski definition) is 0. The molecule has 1 amide bonds. The summed E-state index contributed by atoms with van der Waals surface area (Å²) in [7, 11) is 0. The highest BCUT2D eigenvalue weighted by Crippen LogP contribution is 2.32. The normalized spacial score (nSPS) is 14.6. The smallest absolute Gasteiger partial charge is 0.266 e. The molecule has 1 aliphatic rings. The van der Waals surface area contributed by atoms with Gasteiger partial charge in [0.05, 0.1) is 29.2 Å². The standard InChI is InChI=1S/C27H33N3O3/c1-4-6-18-29(26(31)20-10-9-11-20)19(3)25-28-24-13-8-7-12-23(24)27(32)30(25)21-14-16-22(17-15-21)33-5-2/h7-8,12-17,19-20H,4-6,9-11,18H2,1-3H3. The number of aromatic nitrogens is 2. The van der Waals surface area contributed by atoms with Crippen LogP contribution in [0.2, 0.25) is 0 Å². The van der Waals surface area contributed by atoms with Crippen LogP contribution in [-0.4, -0.2) is 33.5 Å². The molecule has 174 valence electrons. The van der Waals surface area contributed by atoms with Crippen molar-refractivity contribution < 1.29 is 9.53 Å². The van der Waals surface area contributed by atoms with Gasteiger partial charge < -0.3 is 9.64 Å². The van der Waals surface area contributed by atoms with Crippen molar-refractivity contribution in [1.82, 2.24) is 14.5 Å². The van der Waals surface area contributed by atoms with Gasteiger partial charge in [-0.1, -0.05) is 31.9 Å². The third kappa shape index (κ3) is 4.65. The lowest BCUT2D eigenvalue weighted by molar-refractivity contribution is -0.140. The van der Waals surface area contributed by atoms with Gasteiger partial charge in [0.15, 0.2) is 0 Å². The van der Waals surface area contributed by atoms with Gasteiger partial charge in [-0.05, 0) is 69.5 Å². The summed E-state index contributed by atoms with van der Waals surface area (Å²) in [6.07, 6.45) is 4.93. The molecule has 0 radical (unpaired) electrons. The van der Waals surface area contributed by atoms with Crippen LogP contribution >= 0.6 is 0 Å². The molecular formula is C27H33N3O3. The molecule has 4 rings (SSSR count). The van der Waals surface area contributed by atoms with E-state index in [4.69, 9.17) is 9.72 Å². The average Bonchev–Trinajstić information content (AvgIpc) is 2.79. The second kappa shape index (κ2) is 10.2. The van der Waals surface area contributed by atoms with Gasteiger partial charge >= 0.3 is 0 Å². The maximum atomic E-state index is 13.7. The Morgan fingerprint density at radius 1 is 1.15 bits per heavy atom. The fourth-order valence-corrected chi connectivity index (χ4v) is 4.39. The van der Waals surface area contributed by atoms with Gasteiger partial charge in [-0.15, -0.1) is 0 Å². The van der Waals surface area contributed by atoms with Crippen molar-refractivity contribution in [3.8, 4) is 11.4 Å². The lowest BCUT2D eigenvalue weighted by atomic mass is 9.84. The fraction of sp³-hybridized carbons (Fsp3) is 0.444.